The number of anilines is 3. The first-order valence-electron chi connectivity index (χ1n) is 5.92. The average molecular weight is 275 g/mol. The smallest absolute Gasteiger partial charge is 0.263 e. The number of hydrogen-bond donors (Lipinski definition) is 2. The maximum atomic E-state index is 12.7. The van der Waals surface area contributed by atoms with Crippen molar-refractivity contribution in [3.8, 4) is 0 Å². The molecule has 0 saturated heterocycles. The molecule has 3 aromatic rings. The van der Waals surface area contributed by atoms with Gasteiger partial charge in [-0.2, -0.15) is 0 Å². The molecule has 3 rings (SSSR count). The summed E-state index contributed by atoms with van der Waals surface area (Å²) in [7, 11) is 0. The molecule has 0 aliphatic rings. The van der Waals surface area contributed by atoms with E-state index < -0.39 is 6.43 Å². The van der Waals surface area contributed by atoms with Crippen LogP contribution in [-0.4, -0.2) is 4.98 Å². The lowest BCUT2D eigenvalue weighted by molar-refractivity contribution is 0.151. The predicted octanol–water partition coefficient (Wildman–Crippen LogP) is 4.09. The maximum absolute atomic E-state index is 12.7. The van der Waals surface area contributed by atoms with E-state index in [1.165, 1.54) is 12.1 Å². The van der Waals surface area contributed by atoms with E-state index in [1.807, 2.05) is 0 Å². The van der Waals surface area contributed by atoms with Crippen LogP contribution in [-0.2, 0) is 0 Å². The van der Waals surface area contributed by atoms with Crippen LogP contribution in [0.2, 0.25) is 0 Å². The first-order chi connectivity index (χ1) is 9.65. The van der Waals surface area contributed by atoms with Crippen LogP contribution in [0.25, 0.3) is 11.0 Å². The number of fused-ring (bicyclic) bond motifs is 1. The Bertz CT molecular complexity index is 755. The Kier molecular flexibility index (Phi) is 2.98. The standard InChI is InChI=1S/C14H11F2N3O/c15-13(16)8-2-1-3-9(6-8)19-12-10-4-5-18-7-11(10)20-14(12)17/h1-7,13,19H,17H2. The Hall–Kier alpha value is -2.63. The lowest BCUT2D eigenvalue weighted by atomic mass is 10.2. The predicted molar refractivity (Wildman–Crippen MR) is 73.1 cm³/mol. The third kappa shape index (κ3) is 2.16. The van der Waals surface area contributed by atoms with Crippen LogP contribution in [0.15, 0.2) is 47.1 Å². The van der Waals surface area contributed by atoms with E-state index in [1.54, 1.807) is 30.6 Å². The van der Waals surface area contributed by atoms with Gasteiger partial charge in [-0.1, -0.05) is 12.1 Å². The largest absolute Gasteiger partial charge is 0.437 e. The number of furan rings is 1. The zero-order valence-corrected chi connectivity index (χ0v) is 10.3. The number of nitrogens with one attached hydrogen (secondary N) is 1. The minimum Gasteiger partial charge on any atom is -0.437 e. The van der Waals surface area contributed by atoms with Crippen LogP contribution in [0.3, 0.4) is 0 Å². The molecule has 0 radical (unpaired) electrons. The van der Waals surface area contributed by atoms with Crippen molar-refractivity contribution >= 4 is 28.2 Å². The van der Waals surface area contributed by atoms with E-state index in [-0.39, 0.29) is 11.4 Å². The molecule has 0 unspecified atom stereocenters. The van der Waals surface area contributed by atoms with Gasteiger partial charge in [0.1, 0.15) is 5.69 Å². The second kappa shape index (κ2) is 4.80. The molecule has 0 bridgehead atoms. The lowest BCUT2D eigenvalue weighted by Gasteiger charge is -2.07. The summed E-state index contributed by atoms with van der Waals surface area (Å²) < 4.78 is 30.7. The van der Waals surface area contributed by atoms with Crippen LogP contribution < -0.4 is 11.1 Å². The Labute approximate surface area is 113 Å². The Balaban J connectivity index is 2.01. The Morgan fingerprint density at radius 2 is 2.10 bits per heavy atom. The highest BCUT2D eigenvalue weighted by molar-refractivity contribution is 5.97. The number of halogens is 2. The number of nitrogens with zero attached hydrogens (tertiary/aromatic N) is 1. The van der Waals surface area contributed by atoms with Crippen molar-refractivity contribution in [2.24, 2.45) is 0 Å². The number of benzene rings is 1. The molecule has 102 valence electrons. The van der Waals surface area contributed by atoms with Gasteiger partial charge in [-0.3, -0.25) is 4.98 Å². The van der Waals surface area contributed by atoms with Gasteiger partial charge in [-0.25, -0.2) is 8.78 Å². The summed E-state index contributed by atoms with van der Waals surface area (Å²) in [5.41, 5.74) is 7.35. The second-order valence-electron chi connectivity index (χ2n) is 4.26. The number of nitrogens with two attached hydrogens (primary N) is 1. The zero-order valence-electron chi connectivity index (χ0n) is 10.3. The number of hydrogen-bond acceptors (Lipinski definition) is 4. The van der Waals surface area contributed by atoms with E-state index in [0.717, 1.165) is 5.39 Å². The summed E-state index contributed by atoms with van der Waals surface area (Å²) in [4.78, 5) is 3.94. The van der Waals surface area contributed by atoms with Gasteiger partial charge in [0.2, 0.25) is 5.88 Å². The van der Waals surface area contributed by atoms with Crippen molar-refractivity contribution in [3.05, 3.63) is 48.3 Å². The van der Waals surface area contributed by atoms with Gasteiger partial charge >= 0.3 is 0 Å². The molecule has 0 aliphatic carbocycles. The highest BCUT2D eigenvalue weighted by atomic mass is 19.3. The molecule has 1 aromatic carbocycles. The number of pyridine rings is 1. The lowest BCUT2D eigenvalue weighted by Crippen LogP contribution is -1.94. The van der Waals surface area contributed by atoms with Gasteiger partial charge in [0.15, 0.2) is 5.58 Å². The van der Waals surface area contributed by atoms with Crippen molar-refractivity contribution in [3.63, 3.8) is 0 Å². The maximum Gasteiger partial charge on any atom is 0.263 e. The van der Waals surface area contributed by atoms with Gasteiger partial charge in [0, 0.05) is 22.8 Å². The molecule has 0 aliphatic heterocycles. The van der Waals surface area contributed by atoms with Crippen molar-refractivity contribution < 1.29 is 13.2 Å². The quantitative estimate of drug-likeness (QED) is 0.755. The number of nitrogen functional groups attached to an aromatic ring is 1. The molecular formula is C14H11F2N3O. The van der Waals surface area contributed by atoms with E-state index in [2.05, 4.69) is 10.3 Å². The van der Waals surface area contributed by atoms with Gasteiger partial charge in [0.05, 0.1) is 6.20 Å². The van der Waals surface area contributed by atoms with Gasteiger partial charge in [-0.15, -0.1) is 0 Å². The molecule has 0 saturated carbocycles. The van der Waals surface area contributed by atoms with Crippen molar-refractivity contribution in [1.29, 1.82) is 0 Å². The molecule has 0 amide bonds. The fraction of sp³-hybridized carbons (Fsp3) is 0.0714. The van der Waals surface area contributed by atoms with Crippen molar-refractivity contribution in [1.82, 2.24) is 4.98 Å². The highest BCUT2D eigenvalue weighted by Gasteiger charge is 2.13. The Morgan fingerprint density at radius 3 is 2.90 bits per heavy atom. The minimum atomic E-state index is -2.51. The topological polar surface area (TPSA) is 64.1 Å². The van der Waals surface area contributed by atoms with Crippen molar-refractivity contribution in [2.75, 3.05) is 11.1 Å². The van der Waals surface area contributed by atoms with E-state index in [9.17, 15) is 8.78 Å². The normalized spacial score (nSPS) is 11.2. The van der Waals surface area contributed by atoms with Crippen LogP contribution in [0.4, 0.5) is 26.0 Å². The van der Waals surface area contributed by atoms with Crippen LogP contribution in [0.1, 0.15) is 12.0 Å². The van der Waals surface area contributed by atoms with Gasteiger partial charge < -0.3 is 15.5 Å². The third-order valence-corrected chi connectivity index (χ3v) is 2.93. The van der Waals surface area contributed by atoms with Gasteiger partial charge in [0.25, 0.3) is 6.43 Å². The summed E-state index contributed by atoms with van der Waals surface area (Å²) in [6.45, 7) is 0. The summed E-state index contributed by atoms with van der Waals surface area (Å²) in [6, 6.07) is 7.74. The summed E-state index contributed by atoms with van der Waals surface area (Å²) in [5.74, 6) is 0.190. The highest BCUT2D eigenvalue weighted by Crippen LogP contribution is 2.35. The molecule has 4 nitrogen and oxygen atoms in total. The van der Waals surface area contributed by atoms with Crippen molar-refractivity contribution in [2.45, 2.75) is 6.43 Å². The molecule has 0 atom stereocenters. The number of rotatable bonds is 3. The molecular weight excluding hydrogens is 264 g/mol. The number of aromatic nitrogens is 1. The van der Waals surface area contributed by atoms with E-state index >= 15 is 0 Å². The fourth-order valence-corrected chi connectivity index (χ4v) is 2.00. The van der Waals surface area contributed by atoms with Gasteiger partial charge in [-0.05, 0) is 18.2 Å². The molecule has 6 heteroatoms. The summed E-state index contributed by atoms with van der Waals surface area (Å²) in [5, 5.41) is 3.76. The molecule has 2 heterocycles. The average Bonchev–Trinajstić information content (AvgIpc) is 2.76. The van der Waals surface area contributed by atoms with Crippen LogP contribution in [0.5, 0.6) is 0 Å². The molecule has 2 aromatic heterocycles. The molecule has 20 heavy (non-hydrogen) atoms. The van der Waals surface area contributed by atoms with E-state index in [4.69, 9.17) is 10.2 Å². The third-order valence-electron chi connectivity index (χ3n) is 2.93. The molecule has 3 N–H and O–H groups in total. The molecule has 0 spiro atoms. The fourth-order valence-electron chi connectivity index (χ4n) is 2.00. The monoisotopic (exact) mass is 275 g/mol. The molecule has 0 fully saturated rings. The van der Waals surface area contributed by atoms with E-state index in [0.29, 0.717) is 17.0 Å². The SMILES string of the molecule is Nc1oc2cnccc2c1Nc1cccc(C(F)F)c1. The number of alkyl halides is 2. The zero-order chi connectivity index (χ0) is 14.1. The summed E-state index contributed by atoms with van der Waals surface area (Å²) in [6.07, 6.45) is 0.643. The van der Waals surface area contributed by atoms with Crippen LogP contribution in [0, 0.1) is 0 Å². The summed E-state index contributed by atoms with van der Waals surface area (Å²) >= 11 is 0. The first kappa shape index (κ1) is 12.4. The first-order valence-corrected chi connectivity index (χ1v) is 5.92. The Morgan fingerprint density at radius 1 is 1.25 bits per heavy atom. The minimum absolute atomic E-state index is 0.0527. The van der Waals surface area contributed by atoms with Crippen LogP contribution >= 0.6 is 0 Å². The second-order valence-corrected chi connectivity index (χ2v) is 4.26.